The van der Waals surface area contributed by atoms with E-state index in [1.54, 1.807) is 18.2 Å². The lowest BCUT2D eigenvalue weighted by molar-refractivity contribution is -0.138. The van der Waals surface area contributed by atoms with Crippen LogP contribution >= 0.6 is 39.0 Å². The molecule has 3 amide bonds. The van der Waals surface area contributed by atoms with Crippen molar-refractivity contribution in [1.82, 2.24) is 4.98 Å². The van der Waals surface area contributed by atoms with Crippen molar-refractivity contribution in [2.24, 2.45) is 29.6 Å². The Labute approximate surface area is 307 Å². The largest absolute Gasteiger partial charge is 0.483 e. The molecule has 8 rings (SSSR count). The Hall–Kier alpha value is -4.09. The van der Waals surface area contributed by atoms with Gasteiger partial charge in [0.2, 0.25) is 11.8 Å². The van der Waals surface area contributed by atoms with Gasteiger partial charge in [-0.3, -0.25) is 19.2 Å². The smallest absolute Gasteiger partial charge is 0.418 e. The zero-order chi connectivity index (χ0) is 36.9. The van der Waals surface area contributed by atoms with E-state index in [-0.39, 0.29) is 33.4 Å². The second-order valence-corrected chi connectivity index (χ2v) is 16.2. The molecule has 4 aliphatic rings. The Morgan fingerprint density at radius 3 is 2.38 bits per heavy atom. The van der Waals surface area contributed by atoms with Gasteiger partial charge in [-0.2, -0.15) is 26.3 Å². The van der Waals surface area contributed by atoms with E-state index < -0.39 is 77.2 Å². The number of fused-ring (bicyclic) bond motifs is 9. The number of nitrogens with one attached hydrogen (secondary N) is 2. The maximum Gasteiger partial charge on any atom is 0.418 e. The Kier molecular flexibility index (Phi) is 8.41. The van der Waals surface area contributed by atoms with Crippen LogP contribution in [0.25, 0.3) is 0 Å². The molecule has 4 aromatic rings. The molecule has 1 saturated heterocycles. The summed E-state index contributed by atoms with van der Waals surface area (Å²) in [5, 5.41) is 2.70. The van der Waals surface area contributed by atoms with Gasteiger partial charge in [0.1, 0.15) is 5.75 Å². The first kappa shape index (κ1) is 35.0. The van der Waals surface area contributed by atoms with Crippen molar-refractivity contribution in [3.05, 3.63) is 102 Å². The van der Waals surface area contributed by atoms with E-state index >= 15 is 0 Å². The van der Waals surface area contributed by atoms with Gasteiger partial charge in [-0.25, -0.2) is 4.90 Å². The van der Waals surface area contributed by atoms with Gasteiger partial charge in [-0.1, -0.05) is 45.5 Å². The molecule has 2 aliphatic heterocycles. The molecule has 2 bridgehead atoms. The van der Waals surface area contributed by atoms with Crippen LogP contribution in [-0.4, -0.2) is 34.6 Å². The molecule has 0 unspecified atom stereocenters. The van der Waals surface area contributed by atoms with Crippen molar-refractivity contribution in [3.63, 3.8) is 0 Å². The number of rotatable bonds is 6. The summed E-state index contributed by atoms with van der Waals surface area (Å²) in [6, 6.07) is 13.7. The Bertz CT molecular complexity index is 2210. The van der Waals surface area contributed by atoms with E-state index in [4.69, 9.17) is 4.74 Å². The average Bonchev–Trinajstić information content (AvgIpc) is 3.82. The normalized spacial score (nSPS) is 26.3. The number of aromatic nitrogens is 1. The number of aromatic amines is 1. The molecule has 2 saturated carbocycles. The van der Waals surface area contributed by atoms with Crippen LogP contribution in [0.15, 0.2) is 81.0 Å². The minimum Gasteiger partial charge on any atom is -0.483 e. The van der Waals surface area contributed by atoms with Crippen molar-refractivity contribution in [1.29, 1.82) is 0 Å². The van der Waals surface area contributed by atoms with Crippen LogP contribution in [0, 0.1) is 29.6 Å². The lowest BCUT2D eigenvalue weighted by Crippen LogP contribution is -2.42. The third kappa shape index (κ3) is 5.75. The van der Waals surface area contributed by atoms with Crippen LogP contribution in [0.3, 0.4) is 0 Å². The predicted octanol–water partition coefficient (Wildman–Crippen LogP) is 7.93. The van der Waals surface area contributed by atoms with E-state index in [2.05, 4.69) is 26.2 Å². The minimum absolute atomic E-state index is 0.0763. The second kappa shape index (κ2) is 12.5. The Balaban J connectivity index is 1.12. The van der Waals surface area contributed by atoms with Crippen LogP contribution in [0.4, 0.5) is 37.7 Å². The fourth-order valence-corrected chi connectivity index (χ4v) is 11.8. The number of H-pyrrole nitrogens is 1. The highest BCUT2D eigenvalue weighted by Crippen LogP contribution is 2.69. The predicted molar refractivity (Wildman–Crippen MR) is 182 cm³/mol. The molecule has 8 nitrogen and oxygen atoms in total. The molecule has 3 aromatic carbocycles. The summed E-state index contributed by atoms with van der Waals surface area (Å²) in [6.07, 6.45) is -8.93. The van der Waals surface area contributed by atoms with Gasteiger partial charge in [-0.05, 0) is 72.7 Å². The third-order valence-electron chi connectivity index (χ3n) is 10.3. The number of imide groups is 1. The molecule has 7 atom stereocenters. The summed E-state index contributed by atoms with van der Waals surface area (Å²) in [5.74, 6) is -5.28. The number of anilines is 2. The van der Waals surface area contributed by atoms with Gasteiger partial charge in [0.05, 0.1) is 33.7 Å². The number of benzene rings is 3. The highest BCUT2D eigenvalue weighted by atomic mass is 79.9. The van der Waals surface area contributed by atoms with Gasteiger partial charge in [0.25, 0.3) is 5.91 Å². The molecule has 52 heavy (non-hydrogen) atoms. The molecule has 1 aromatic heterocycles. The number of hydrogen-bond donors (Lipinski definition) is 2. The summed E-state index contributed by atoms with van der Waals surface area (Å²) >= 11 is 5.87. The second-order valence-electron chi connectivity index (χ2n) is 13.1. The summed E-state index contributed by atoms with van der Waals surface area (Å²) in [7, 11) is 0. The van der Waals surface area contributed by atoms with Crippen molar-refractivity contribution in [2.75, 3.05) is 16.8 Å². The lowest BCUT2D eigenvalue weighted by Gasteiger charge is -2.43. The Morgan fingerprint density at radius 1 is 0.923 bits per heavy atom. The third-order valence-corrected chi connectivity index (χ3v) is 13.4. The number of halogens is 7. The van der Waals surface area contributed by atoms with Crippen molar-refractivity contribution in [2.45, 2.75) is 35.0 Å². The zero-order valence-corrected chi connectivity index (χ0v) is 29.5. The average molecular weight is 825 g/mol. The minimum atomic E-state index is -4.80. The summed E-state index contributed by atoms with van der Waals surface area (Å²) in [5.41, 5.74) is -2.03. The maximum absolute atomic E-state index is 14.1. The van der Waals surface area contributed by atoms with Crippen LogP contribution in [0.5, 0.6) is 5.75 Å². The number of hydrogen-bond acceptors (Lipinski definition) is 7. The quantitative estimate of drug-likeness (QED) is 0.151. The van der Waals surface area contributed by atoms with Gasteiger partial charge in [0.15, 0.2) is 6.61 Å². The zero-order valence-electron chi connectivity index (χ0n) is 26.3. The van der Waals surface area contributed by atoms with Crippen LogP contribution in [0.2, 0.25) is 0 Å². The highest BCUT2D eigenvalue weighted by molar-refractivity contribution is 9.10. The van der Waals surface area contributed by atoms with Crippen molar-refractivity contribution >= 4 is 68.1 Å². The Morgan fingerprint density at radius 2 is 1.65 bits per heavy atom. The van der Waals surface area contributed by atoms with E-state index in [1.807, 2.05) is 0 Å². The maximum atomic E-state index is 14.1. The van der Waals surface area contributed by atoms with Crippen LogP contribution in [-0.2, 0) is 26.7 Å². The van der Waals surface area contributed by atoms with Gasteiger partial charge < -0.3 is 15.0 Å². The first-order chi connectivity index (χ1) is 24.6. The topological polar surface area (TPSA) is 109 Å². The van der Waals surface area contributed by atoms with Crippen molar-refractivity contribution < 1.29 is 45.5 Å². The van der Waals surface area contributed by atoms with Gasteiger partial charge >= 0.3 is 17.2 Å². The molecule has 17 heteroatoms. The molecule has 270 valence electrons. The number of thiazole rings is 1. The first-order valence-electron chi connectivity index (χ1n) is 15.9. The number of nitrogens with zero attached hydrogens (tertiary/aromatic N) is 1. The van der Waals surface area contributed by atoms with Crippen LogP contribution in [0.1, 0.15) is 33.9 Å². The van der Waals surface area contributed by atoms with E-state index in [0.717, 1.165) is 35.6 Å². The highest BCUT2D eigenvalue weighted by Gasteiger charge is 2.70. The number of alkyl halides is 6. The van der Waals surface area contributed by atoms with E-state index in [9.17, 15) is 45.5 Å². The number of carbonyl (C=O) groups excluding carboxylic acids is 3. The lowest BCUT2D eigenvalue weighted by atomic mass is 9.68. The molecule has 0 spiro atoms. The number of amides is 3. The number of para-hydroxylation sites is 1. The molecule has 0 radical (unpaired) electrons. The van der Waals surface area contributed by atoms with Gasteiger partial charge in [0, 0.05) is 31.8 Å². The molecule has 2 aliphatic carbocycles. The monoisotopic (exact) mass is 823 g/mol. The van der Waals surface area contributed by atoms with Gasteiger partial charge in [-0.15, -0.1) is 11.8 Å². The van der Waals surface area contributed by atoms with E-state index in [0.29, 0.717) is 31.3 Å². The molecular weight excluding hydrogens is 800 g/mol. The SMILES string of the molecule is O=C(COc1ccc(Br)cc1[C@@H]1c2sc(=O)[nH]c2S[C@@H]2[C@@H]3C[C@@H]([C@@H]4C(=O)N(c5ccccc5C(F)(F)F)C(=O)[C@@H]34)[C@H]12)Nc1cccc(C(F)(F)F)c1. The fraction of sp³-hybridized carbons (Fsp3) is 0.314. The number of ether oxygens (including phenoxy) is 1. The molecule has 2 N–H and O–H groups in total. The summed E-state index contributed by atoms with van der Waals surface area (Å²) in [4.78, 5) is 57.6. The number of carbonyl (C=O) groups is 3. The molecular formula is C35H24BrF6N3O5S2. The first-order valence-corrected chi connectivity index (χ1v) is 18.4. The fourth-order valence-electron chi connectivity index (χ4n) is 8.52. The molecule has 3 heterocycles. The van der Waals surface area contributed by atoms with Crippen LogP contribution < -0.4 is 19.8 Å². The van der Waals surface area contributed by atoms with Crippen molar-refractivity contribution in [3.8, 4) is 5.75 Å². The molecule has 3 fully saturated rings. The standard InChI is InChI=1S/C35H24BrF6N3O5S2/c36-15-8-9-22(50-13-23(46)43-16-5-3-4-14(10-16)34(37,38)39)17(11-15)24-25-18-12-19(28(25)51-30-29(24)52-33(49)44-30)27-26(18)31(47)45(32(27)48)21-7-2-1-6-20(21)35(40,41)42/h1-11,18-19,24-28H,12-13H2,(H,43,46)(H,44,49)/t18-,19-,24+,25-,26+,27+,28-/m1/s1. The number of thioether (sulfide) groups is 1. The van der Waals surface area contributed by atoms with E-state index in [1.165, 1.54) is 36.0 Å². The summed E-state index contributed by atoms with van der Waals surface area (Å²) in [6.45, 7) is -0.575. The summed E-state index contributed by atoms with van der Waals surface area (Å²) < 4.78 is 88.3.